The molecule has 0 spiro atoms. The summed E-state index contributed by atoms with van der Waals surface area (Å²) in [6, 6.07) is 1.61. The maximum absolute atomic E-state index is 13.2. The van der Waals surface area contributed by atoms with E-state index in [0.29, 0.717) is 6.07 Å². The maximum Gasteiger partial charge on any atom is 0.573 e. The molecule has 1 aromatic carbocycles. The zero-order valence-corrected chi connectivity index (χ0v) is 8.75. The second kappa shape index (κ2) is 4.59. The van der Waals surface area contributed by atoms with E-state index in [9.17, 15) is 17.6 Å². The van der Waals surface area contributed by atoms with Crippen LogP contribution in [-0.2, 0) is 0 Å². The van der Waals surface area contributed by atoms with Crippen molar-refractivity contribution in [3.8, 4) is 5.75 Å². The fourth-order valence-corrected chi connectivity index (χ4v) is 1.18. The van der Waals surface area contributed by atoms with Crippen LogP contribution in [0.25, 0.3) is 0 Å². The molecule has 0 aromatic heterocycles. The molecule has 0 aliphatic rings. The first kappa shape index (κ1) is 12.6. The van der Waals surface area contributed by atoms with Gasteiger partial charge in [0.05, 0.1) is 5.16 Å². The summed E-state index contributed by atoms with van der Waals surface area (Å²) in [6.07, 6.45) is -4.85. The van der Waals surface area contributed by atoms with Crippen molar-refractivity contribution in [2.45, 2.75) is 13.3 Å². The highest BCUT2D eigenvalue weighted by molar-refractivity contribution is 7.78. The fourth-order valence-electron chi connectivity index (χ4n) is 1.08. The van der Waals surface area contributed by atoms with Crippen molar-refractivity contribution in [1.82, 2.24) is 0 Å². The van der Waals surface area contributed by atoms with E-state index in [-0.39, 0.29) is 11.3 Å². The lowest BCUT2D eigenvalue weighted by Crippen LogP contribution is -2.17. The first-order valence-electron chi connectivity index (χ1n) is 3.97. The van der Waals surface area contributed by atoms with Crippen LogP contribution in [0.1, 0.15) is 5.56 Å². The molecule has 0 bridgehead atoms. The van der Waals surface area contributed by atoms with E-state index in [2.05, 4.69) is 21.9 Å². The van der Waals surface area contributed by atoms with Gasteiger partial charge in [0.15, 0.2) is 5.82 Å². The molecule has 1 aromatic rings. The molecule has 0 saturated heterocycles. The van der Waals surface area contributed by atoms with E-state index >= 15 is 0 Å². The SMILES string of the molecule is Cc1cc(OC(F)(F)F)cc(F)c1N=C=S. The van der Waals surface area contributed by atoms with Crippen molar-refractivity contribution < 1.29 is 22.3 Å². The monoisotopic (exact) mass is 251 g/mol. The van der Waals surface area contributed by atoms with Gasteiger partial charge in [-0.1, -0.05) is 0 Å². The molecule has 86 valence electrons. The van der Waals surface area contributed by atoms with Crippen molar-refractivity contribution in [1.29, 1.82) is 0 Å². The highest BCUT2D eigenvalue weighted by Gasteiger charge is 2.31. The molecule has 0 amide bonds. The smallest absolute Gasteiger partial charge is 0.406 e. The highest BCUT2D eigenvalue weighted by atomic mass is 32.1. The molecule has 0 radical (unpaired) electrons. The average molecular weight is 251 g/mol. The summed E-state index contributed by atoms with van der Waals surface area (Å²) in [5.41, 5.74) is 0.0288. The number of aliphatic imine (C=N–C) groups is 1. The number of rotatable bonds is 2. The van der Waals surface area contributed by atoms with Crippen LogP contribution in [0.5, 0.6) is 5.75 Å². The molecule has 0 aliphatic carbocycles. The van der Waals surface area contributed by atoms with Gasteiger partial charge in [0.2, 0.25) is 0 Å². The third-order valence-corrected chi connectivity index (χ3v) is 1.71. The van der Waals surface area contributed by atoms with Crippen LogP contribution < -0.4 is 4.74 Å². The van der Waals surface area contributed by atoms with Gasteiger partial charge in [-0.15, -0.1) is 13.2 Å². The van der Waals surface area contributed by atoms with Crippen LogP contribution in [0.15, 0.2) is 17.1 Å². The number of ether oxygens (including phenoxy) is 1. The quantitative estimate of drug-likeness (QED) is 0.453. The molecular formula is C9H5F4NOS. The van der Waals surface area contributed by atoms with Gasteiger partial charge in [-0.25, -0.2) is 4.39 Å². The molecule has 0 atom stereocenters. The Bertz CT molecular complexity index is 428. The van der Waals surface area contributed by atoms with E-state index < -0.39 is 17.9 Å². The Kier molecular flexibility index (Phi) is 3.62. The van der Waals surface area contributed by atoms with Crippen LogP contribution >= 0.6 is 12.2 Å². The summed E-state index contributed by atoms with van der Waals surface area (Å²) in [7, 11) is 0. The number of nitrogens with zero attached hydrogens (tertiary/aromatic N) is 1. The van der Waals surface area contributed by atoms with Crippen molar-refractivity contribution in [3.05, 3.63) is 23.5 Å². The molecule has 0 N–H and O–H groups in total. The highest BCUT2D eigenvalue weighted by Crippen LogP contribution is 2.30. The third-order valence-electron chi connectivity index (χ3n) is 1.62. The Balaban J connectivity index is 3.14. The summed E-state index contributed by atoms with van der Waals surface area (Å²) in [5, 5.41) is 1.94. The zero-order valence-electron chi connectivity index (χ0n) is 7.93. The normalized spacial score (nSPS) is 10.8. The standard InChI is InChI=1S/C9H5F4NOS/c1-5-2-6(15-9(11,12)13)3-7(10)8(5)14-4-16/h2-3H,1H3. The Morgan fingerprint density at radius 3 is 2.44 bits per heavy atom. The van der Waals surface area contributed by atoms with E-state index in [1.807, 2.05) is 5.16 Å². The van der Waals surface area contributed by atoms with E-state index in [0.717, 1.165) is 6.07 Å². The number of aryl methyl sites for hydroxylation is 1. The van der Waals surface area contributed by atoms with Crippen LogP contribution in [-0.4, -0.2) is 11.5 Å². The van der Waals surface area contributed by atoms with Crippen LogP contribution in [0.4, 0.5) is 23.2 Å². The number of benzene rings is 1. The largest absolute Gasteiger partial charge is 0.573 e. The van der Waals surface area contributed by atoms with Gasteiger partial charge in [0.1, 0.15) is 11.4 Å². The van der Waals surface area contributed by atoms with E-state index in [1.54, 1.807) is 0 Å². The lowest BCUT2D eigenvalue weighted by Gasteiger charge is -2.10. The van der Waals surface area contributed by atoms with Crippen molar-refractivity contribution in [2.24, 2.45) is 4.99 Å². The minimum absolute atomic E-state index is 0.149. The number of isothiocyanates is 1. The van der Waals surface area contributed by atoms with Gasteiger partial charge in [-0.05, 0) is 30.8 Å². The maximum atomic E-state index is 13.2. The van der Waals surface area contributed by atoms with Crippen molar-refractivity contribution in [3.63, 3.8) is 0 Å². The Hall–Kier alpha value is -1.46. The molecule has 16 heavy (non-hydrogen) atoms. The first-order chi connectivity index (χ1) is 7.33. The molecule has 0 aliphatic heterocycles. The van der Waals surface area contributed by atoms with Gasteiger partial charge in [-0.2, -0.15) is 4.99 Å². The Morgan fingerprint density at radius 2 is 2.00 bits per heavy atom. The summed E-state index contributed by atoms with van der Waals surface area (Å²) >= 11 is 4.28. The van der Waals surface area contributed by atoms with Crippen LogP contribution in [0.3, 0.4) is 0 Å². The van der Waals surface area contributed by atoms with E-state index in [4.69, 9.17) is 0 Å². The molecule has 2 nitrogen and oxygen atoms in total. The predicted molar refractivity (Wildman–Crippen MR) is 52.5 cm³/mol. The van der Waals surface area contributed by atoms with Crippen molar-refractivity contribution in [2.75, 3.05) is 0 Å². The lowest BCUT2D eigenvalue weighted by molar-refractivity contribution is -0.274. The lowest BCUT2D eigenvalue weighted by atomic mass is 10.2. The fraction of sp³-hybridized carbons (Fsp3) is 0.222. The topological polar surface area (TPSA) is 21.6 Å². The van der Waals surface area contributed by atoms with Crippen molar-refractivity contribution >= 4 is 23.1 Å². The van der Waals surface area contributed by atoms with Gasteiger partial charge in [0.25, 0.3) is 0 Å². The molecule has 0 fully saturated rings. The predicted octanol–water partition coefficient (Wildman–Crippen LogP) is 3.77. The van der Waals surface area contributed by atoms with Gasteiger partial charge in [-0.3, -0.25) is 0 Å². The van der Waals surface area contributed by atoms with Crippen LogP contribution in [0, 0.1) is 12.7 Å². The molecular weight excluding hydrogens is 246 g/mol. The Morgan fingerprint density at radius 1 is 1.38 bits per heavy atom. The number of halogens is 4. The van der Waals surface area contributed by atoms with E-state index in [1.165, 1.54) is 6.92 Å². The average Bonchev–Trinajstić information content (AvgIpc) is 2.08. The third kappa shape index (κ3) is 3.29. The Labute approximate surface area is 93.6 Å². The summed E-state index contributed by atoms with van der Waals surface area (Å²) in [6.45, 7) is 1.39. The minimum Gasteiger partial charge on any atom is -0.406 e. The number of alkyl halides is 3. The van der Waals surface area contributed by atoms with Gasteiger partial charge in [0, 0.05) is 6.07 Å². The molecule has 0 unspecified atom stereocenters. The molecule has 0 saturated carbocycles. The number of hydrogen-bond acceptors (Lipinski definition) is 3. The molecule has 7 heteroatoms. The van der Waals surface area contributed by atoms with Crippen LogP contribution in [0.2, 0.25) is 0 Å². The summed E-state index contributed by atoms with van der Waals surface area (Å²) in [5.74, 6) is -1.58. The van der Waals surface area contributed by atoms with Gasteiger partial charge < -0.3 is 4.74 Å². The summed E-state index contributed by atoms with van der Waals surface area (Å²) in [4.78, 5) is 3.40. The zero-order chi connectivity index (χ0) is 12.3. The van der Waals surface area contributed by atoms with Gasteiger partial charge >= 0.3 is 6.36 Å². The second-order valence-corrected chi connectivity index (χ2v) is 3.00. The molecule has 1 rings (SSSR count). The number of hydrogen-bond donors (Lipinski definition) is 0. The summed E-state index contributed by atoms with van der Waals surface area (Å²) < 4.78 is 52.4. The minimum atomic E-state index is -4.85. The molecule has 0 heterocycles. The number of thiocarbonyl (C=S) groups is 1. The second-order valence-electron chi connectivity index (χ2n) is 2.82. The first-order valence-corrected chi connectivity index (χ1v) is 4.38.